The molecule has 0 bridgehead atoms. The molecule has 1 amide bonds. The number of amides is 1. The van der Waals surface area contributed by atoms with Gasteiger partial charge >= 0.3 is 12.1 Å². The molecule has 0 spiro atoms. The van der Waals surface area contributed by atoms with Gasteiger partial charge in [-0.2, -0.15) is 5.10 Å². The third kappa shape index (κ3) is 3.28. The van der Waals surface area contributed by atoms with Gasteiger partial charge in [0.2, 0.25) is 0 Å². The molecule has 2 rings (SSSR count). The maximum absolute atomic E-state index is 11.9. The van der Waals surface area contributed by atoms with E-state index in [1.54, 1.807) is 9.58 Å². The summed E-state index contributed by atoms with van der Waals surface area (Å²) in [6.07, 6.45) is 3.20. The Morgan fingerprint density at radius 2 is 2.15 bits per heavy atom. The summed E-state index contributed by atoms with van der Waals surface area (Å²) in [4.78, 5) is 24.4. The van der Waals surface area contributed by atoms with Crippen molar-refractivity contribution in [1.82, 2.24) is 14.7 Å². The number of nitrogens with zero attached hydrogens (tertiary/aromatic N) is 3. The minimum absolute atomic E-state index is 0.00406. The number of carbonyl (C=O) groups is 2. The Kier molecular flexibility index (Phi) is 3.69. The van der Waals surface area contributed by atoms with Gasteiger partial charge in [0, 0.05) is 19.3 Å². The first-order chi connectivity index (χ1) is 9.26. The van der Waals surface area contributed by atoms with Gasteiger partial charge in [0.1, 0.15) is 5.60 Å². The highest BCUT2D eigenvalue weighted by molar-refractivity contribution is 5.86. The van der Waals surface area contributed by atoms with E-state index in [0.29, 0.717) is 13.1 Å². The molecule has 2 heterocycles. The fourth-order valence-corrected chi connectivity index (χ4v) is 2.10. The van der Waals surface area contributed by atoms with Crippen LogP contribution in [0.25, 0.3) is 0 Å². The Hall–Kier alpha value is -2.05. The van der Waals surface area contributed by atoms with Gasteiger partial charge in [0.25, 0.3) is 0 Å². The highest BCUT2D eigenvalue weighted by atomic mass is 16.6. The van der Waals surface area contributed by atoms with Gasteiger partial charge in [-0.15, -0.1) is 0 Å². The van der Waals surface area contributed by atoms with Gasteiger partial charge in [-0.05, 0) is 27.2 Å². The molecule has 1 aromatic rings. The lowest BCUT2D eigenvalue weighted by Gasteiger charge is -2.24. The second-order valence-corrected chi connectivity index (χ2v) is 5.88. The van der Waals surface area contributed by atoms with Gasteiger partial charge in [0.15, 0.2) is 0 Å². The van der Waals surface area contributed by atoms with Gasteiger partial charge in [-0.1, -0.05) is 0 Å². The van der Waals surface area contributed by atoms with Crippen molar-refractivity contribution in [2.45, 2.75) is 38.8 Å². The Labute approximate surface area is 117 Å². The van der Waals surface area contributed by atoms with Crippen LogP contribution in [0.4, 0.5) is 4.79 Å². The number of carboxylic acids is 1. The molecule has 0 saturated carbocycles. The summed E-state index contributed by atoms with van der Waals surface area (Å²) in [7, 11) is 0. The standard InChI is InChI=1S/C13H19N3O4/c1-13(2,3)20-12(19)15-5-4-10(8-15)16-7-9(6-14-16)11(17)18/h6-7,10H,4-5,8H2,1-3H3,(H,17,18)/t10-/m1/s1. The molecule has 0 aliphatic carbocycles. The predicted octanol–water partition coefficient (Wildman–Crippen LogP) is 1.76. The van der Waals surface area contributed by atoms with E-state index in [-0.39, 0.29) is 17.7 Å². The summed E-state index contributed by atoms with van der Waals surface area (Å²) >= 11 is 0. The van der Waals surface area contributed by atoms with Crippen LogP contribution in [-0.2, 0) is 4.74 Å². The summed E-state index contributed by atoms with van der Waals surface area (Å²) in [5.41, 5.74) is -0.363. The number of carboxylic acid groups (broad SMARTS) is 1. The van der Waals surface area contributed by atoms with E-state index in [9.17, 15) is 9.59 Å². The largest absolute Gasteiger partial charge is 0.478 e. The molecule has 20 heavy (non-hydrogen) atoms. The van der Waals surface area contributed by atoms with Crippen molar-refractivity contribution in [3.63, 3.8) is 0 Å². The number of hydrogen-bond acceptors (Lipinski definition) is 4. The molecule has 110 valence electrons. The number of likely N-dealkylation sites (tertiary alicyclic amines) is 1. The topological polar surface area (TPSA) is 84.7 Å². The molecule has 1 saturated heterocycles. The van der Waals surface area contributed by atoms with Crippen LogP contribution in [0.1, 0.15) is 43.6 Å². The number of aromatic carboxylic acids is 1. The molecular weight excluding hydrogens is 262 g/mol. The lowest BCUT2D eigenvalue weighted by molar-refractivity contribution is 0.0288. The summed E-state index contributed by atoms with van der Waals surface area (Å²) < 4.78 is 6.92. The molecule has 0 aromatic carbocycles. The van der Waals surface area contributed by atoms with Crippen molar-refractivity contribution < 1.29 is 19.4 Å². The van der Waals surface area contributed by atoms with E-state index in [0.717, 1.165) is 6.42 Å². The van der Waals surface area contributed by atoms with E-state index in [4.69, 9.17) is 9.84 Å². The summed E-state index contributed by atoms with van der Waals surface area (Å²) in [6.45, 7) is 6.54. The smallest absolute Gasteiger partial charge is 0.410 e. The van der Waals surface area contributed by atoms with Crippen LogP contribution in [0.2, 0.25) is 0 Å². The lowest BCUT2D eigenvalue weighted by atomic mass is 10.2. The van der Waals surface area contributed by atoms with Crippen LogP contribution < -0.4 is 0 Å². The molecule has 1 atom stereocenters. The van der Waals surface area contributed by atoms with E-state index < -0.39 is 11.6 Å². The highest BCUT2D eigenvalue weighted by Crippen LogP contribution is 2.23. The van der Waals surface area contributed by atoms with E-state index in [1.807, 2.05) is 20.8 Å². The minimum Gasteiger partial charge on any atom is -0.478 e. The zero-order valence-corrected chi connectivity index (χ0v) is 11.9. The van der Waals surface area contributed by atoms with Gasteiger partial charge in [0.05, 0.1) is 17.8 Å². The molecule has 0 radical (unpaired) electrons. The molecule has 0 unspecified atom stereocenters. The molecule has 1 aliphatic heterocycles. The average Bonchev–Trinajstić information content (AvgIpc) is 2.95. The van der Waals surface area contributed by atoms with Gasteiger partial charge < -0.3 is 14.7 Å². The maximum atomic E-state index is 11.9. The zero-order valence-electron chi connectivity index (χ0n) is 11.9. The van der Waals surface area contributed by atoms with Crippen LogP contribution in [-0.4, -0.2) is 50.5 Å². The van der Waals surface area contributed by atoms with Gasteiger partial charge in [-0.3, -0.25) is 4.68 Å². The van der Waals surface area contributed by atoms with E-state index in [2.05, 4.69) is 5.10 Å². The van der Waals surface area contributed by atoms with Crippen LogP contribution >= 0.6 is 0 Å². The SMILES string of the molecule is CC(C)(C)OC(=O)N1CC[C@@H](n2cc(C(=O)O)cn2)C1. The Morgan fingerprint density at radius 3 is 2.70 bits per heavy atom. The number of hydrogen-bond donors (Lipinski definition) is 1. The molecule has 1 aromatic heterocycles. The highest BCUT2D eigenvalue weighted by Gasteiger charge is 2.31. The Morgan fingerprint density at radius 1 is 1.45 bits per heavy atom. The van der Waals surface area contributed by atoms with Gasteiger partial charge in [-0.25, -0.2) is 9.59 Å². The second kappa shape index (κ2) is 5.15. The summed E-state index contributed by atoms with van der Waals surface area (Å²) in [5.74, 6) is -1.00. The van der Waals surface area contributed by atoms with E-state index in [1.165, 1.54) is 12.4 Å². The van der Waals surface area contributed by atoms with Crippen LogP contribution in [0.15, 0.2) is 12.4 Å². The Bertz CT molecular complexity index is 518. The fraction of sp³-hybridized carbons (Fsp3) is 0.615. The van der Waals surface area contributed by atoms with Crippen molar-refractivity contribution in [2.75, 3.05) is 13.1 Å². The maximum Gasteiger partial charge on any atom is 0.410 e. The third-order valence-electron chi connectivity index (χ3n) is 3.04. The third-order valence-corrected chi connectivity index (χ3v) is 3.04. The fourth-order valence-electron chi connectivity index (χ4n) is 2.10. The first-order valence-corrected chi connectivity index (χ1v) is 6.51. The molecular formula is C13H19N3O4. The zero-order chi connectivity index (χ0) is 14.9. The quantitative estimate of drug-likeness (QED) is 0.893. The monoisotopic (exact) mass is 281 g/mol. The van der Waals surface area contributed by atoms with Crippen molar-refractivity contribution in [3.05, 3.63) is 18.0 Å². The molecule has 1 N–H and O–H groups in total. The second-order valence-electron chi connectivity index (χ2n) is 5.88. The number of rotatable bonds is 2. The van der Waals surface area contributed by atoms with Crippen molar-refractivity contribution >= 4 is 12.1 Å². The van der Waals surface area contributed by atoms with E-state index >= 15 is 0 Å². The van der Waals surface area contributed by atoms with Crippen LogP contribution in [0.3, 0.4) is 0 Å². The van der Waals surface area contributed by atoms with Crippen LogP contribution in [0, 0.1) is 0 Å². The van der Waals surface area contributed by atoms with Crippen molar-refractivity contribution in [1.29, 1.82) is 0 Å². The number of aromatic nitrogens is 2. The first-order valence-electron chi connectivity index (χ1n) is 6.51. The summed E-state index contributed by atoms with van der Waals surface area (Å²) in [5, 5.41) is 12.9. The molecule has 7 heteroatoms. The number of ether oxygens (including phenoxy) is 1. The first kappa shape index (κ1) is 14.4. The molecule has 1 fully saturated rings. The summed E-state index contributed by atoms with van der Waals surface area (Å²) in [6, 6.07) is -0.00406. The van der Waals surface area contributed by atoms with Crippen molar-refractivity contribution in [2.24, 2.45) is 0 Å². The lowest BCUT2D eigenvalue weighted by Crippen LogP contribution is -2.35. The molecule has 7 nitrogen and oxygen atoms in total. The number of carbonyl (C=O) groups excluding carboxylic acids is 1. The average molecular weight is 281 g/mol. The molecule has 1 aliphatic rings. The van der Waals surface area contributed by atoms with Crippen LogP contribution in [0.5, 0.6) is 0 Å². The normalized spacial score (nSPS) is 19.1. The Balaban J connectivity index is 1.98. The van der Waals surface area contributed by atoms with Crippen molar-refractivity contribution in [3.8, 4) is 0 Å². The predicted molar refractivity (Wildman–Crippen MR) is 70.6 cm³/mol. The minimum atomic E-state index is -1.00.